The van der Waals surface area contributed by atoms with Gasteiger partial charge in [0.1, 0.15) is 11.5 Å². The lowest BCUT2D eigenvalue weighted by molar-refractivity contribution is 0.224. The molecule has 0 amide bonds. The Labute approximate surface area is 228 Å². The van der Waals surface area contributed by atoms with Crippen molar-refractivity contribution in [2.45, 2.75) is 53.5 Å². The lowest BCUT2D eigenvalue weighted by Crippen LogP contribution is -2.43. The monoisotopic (exact) mass is 547 g/mol. The molecule has 2 heterocycles. The zero-order valence-corrected chi connectivity index (χ0v) is 23.7. The molecule has 1 unspecified atom stereocenters. The van der Waals surface area contributed by atoms with Gasteiger partial charge in [0, 0.05) is 49.4 Å². The summed E-state index contributed by atoms with van der Waals surface area (Å²) in [6.07, 6.45) is 0.387. The molecule has 38 heavy (non-hydrogen) atoms. The average Bonchev–Trinajstić information content (AvgIpc) is 3.45. The first kappa shape index (κ1) is 31.3. The van der Waals surface area contributed by atoms with Crippen molar-refractivity contribution < 1.29 is 13.2 Å². The van der Waals surface area contributed by atoms with E-state index >= 15 is 4.39 Å². The third-order valence-electron chi connectivity index (χ3n) is 5.73. The maximum Gasteiger partial charge on any atom is 0.278 e. The third kappa shape index (κ3) is 8.56. The highest BCUT2D eigenvalue weighted by Crippen LogP contribution is 2.33. The van der Waals surface area contributed by atoms with Gasteiger partial charge >= 0.3 is 0 Å². The van der Waals surface area contributed by atoms with Gasteiger partial charge in [-0.05, 0) is 41.1 Å². The van der Waals surface area contributed by atoms with Crippen LogP contribution in [0.25, 0.3) is 0 Å². The number of benzene rings is 2. The molecule has 1 atom stereocenters. The largest absolute Gasteiger partial charge is 0.375 e. The molecule has 2 aromatic rings. The van der Waals surface area contributed by atoms with Gasteiger partial charge in [0.2, 0.25) is 0 Å². The van der Waals surface area contributed by atoms with E-state index in [9.17, 15) is 8.78 Å². The molecule has 0 aromatic heterocycles. The van der Waals surface area contributed by atoms with Gasteiger partial charge in [-0.25, -0.2) is 17.5 Å². The van der Waals surface area contributed by atoms with Gasteiger partial charge in [0.05, 0.1) is 12.3 Å². The van der Waals surface area contributed by atoms with Crippen LogP contribution < -0.4 is 4.31 Å². The van der Waals surface area contributed by atoms with E-state index in [0.717, 1.165) is 31.9 Å². The number of hydrogen-bond acceptors (Lipinski definition) is 5. The Bertz CT molecular complexity index is 1100. The van der Waals surface area contributed by atoms with E-state index in [1.807, 2.05) is 50.4 Å². The van der Waals surface area contributed by atoms with E-state index in [1.165, 1.54) is 12.5 Å². The minimum Gasteiger partial charge on any atom is -0.375 e. The summed E-state index contributed by atoms with van der Waals surface area (Å²) < 4.78 is 45.2. The highest BCUT2D eigenvalue weighted by molar-refractivity contribution is 8.13. The van der Waals surface area contributed by atoms with Crippen LogP contribution >= 0.6 is 10.9 Å². The summed E-state index contributed by atoms with van der Waals surface area (Å²) in [4.78, 5) is 2.17. The van der Waals surface area contributed by atoms with Gasteiger partial charge in [0.15, 0.2) is 0 Å². The molecule has 208 valence electrons. The summed E-state index contributed by atoms with van der Waals surface area (Å²) >= 11 is 0. The number of halogens is 3. The van der Waals surface area contributed by atoms with Gasteiger partial charge in [-0.1, -0.05) is 71.0 Å². The molecule has 4 rings (SSSR count). The predicted molar refractivity (Wildman–Crippen MR) is 159 cm³/mol. The minimum absolute atomic E-state index is 0.0639. The van der Waals surface area contributed by atoms with Gasteiger partial charge in [-0.15, -0.1) is 0 Å². The van der Waals surface area contributed by atoms with Crippen molar-refractivity contribution in [3.8, 4) is 0 Å². The third-order valence-corrected chi connectivity index (χ3v) is 7.54. The van der Waals surface area contributed by atoms with Gasteiger partial charge in [-0.3, -0.25) is 0 Å². The second kappa shape index (κ2) is 16.1. The van der Waals surface area contributed by atoms with Crippen LogP contribution in [-0.4, -0.2) is 59.1 Å². The van der Waals surface area contributed by atoms with E-state index in [-0.39, 0.29) is 12.1 Å². The Morgan fingerprint density at radius 1 is 1.03 bits per heavy atom. The van der Waals surface area contributed by atoms with Crippen LogP contribution in [0.15, 0.2) is 71.5 Å². The first-order valence-corrected chi connectivity index (χ1v) is 14.4. The average molecular weight is 548 g/mol. The molecule has 0 aliphatic carbocycles. The first-order valence-electron chi connectivity index (χ1n) is 13.1. The van der Waals surface area contributed by atoms with Gasteiger partial charge in [-0.2, -0.15) is 10.2 Å². The van der Waals surface area contributed by atoms with E-state index in [4.69, 9.17) is 0 Å². The molecule has 1 fully saturated rings. The fourth-order valence-corrected chi connectivity index (χ4v) is 5.29. The molecule has 2 aromatic carbocycles. The van der Waals surface area contributed by atoms with Crippen LogP contribution in [0.2, 0.25) is 0 Å². The van der Waals surface area contributed by atoms with E-state index < -0.39 is 23.1 Å². The zero-order chi connectivity index (χ0) is 28.1. The molecule has 2 aliphatic heterocycles. The molecule has 5 nitrogen and oxygen atoms in total. The van der Waals surface area contributed by atoms with Crippen molar-refractivity contribution in [2.24, 2.45) is 10.2 Å². The predicted octanol–water partition coefficient (Wildman–Crippen LogP) is 7.38. The summed E-state index contributed by atoms with van der Waals surface area (Å²) in [6, 6.07) is 14.6. The van der Waals surface area contributed by atoms with Crippen LogP contribution in [0.1, 0.15) is 51.7 Å². The number of piperazine rings is 1. The quantitative estimate of drug-likeness (QED) is 0.324. The van der Waals surface area contributed by atoms with Crippen LogP contribution in [0.4, 0.5) is 18.9 Å². The van der Waals surface area contributed by atoms with Crippen molar-refractivity contribution in [2.75, 3.05) is 30.5 Å². The first-order chi connectivity index (χ1) is 18.4. The molecule has 0 N–H and O–H groups in total. The zero-order valence-electron chi connectivity index (χ0n) is 22.9. The second-order valence-electron chi connectivity index (χ2n) is 8.49. The van der Waals surface area contributed by atoms with Gasteiger partial charge in [0.25, 0.3) is 6.43 Å². The van der Waals surface area contributed by atoms with Crippen molar-refractivity contribution in [1.82, 2.24) is 9.21 Å². The number of rotatable bonds is 8. The highest BCUT2D eigenvalue weighted by Gasteiger charge is 2.24. The highest BCUT2D eigenvalue weighted by atomic mass is 32.2. The summed E-state index contributed by atoms with van der Waals surface area (Å²) in [6.45, 7) is 15.9. The Kier molecular flexibility index (Phi) is 13.3. The van der Waals surface area contributed by atoms with Crippen LogP contribution in [0, 0.1) is 5.82 Å². The Hall–Kier alpha value is -2.91. The standard InChI is InChI=1S/C24H26F3N5S.C3H8.C2H6/c1-3-30-11-13-31(14-12-30)33(2)32(20-7-5-4-6-8-20)17-19-10-9-18(15-21(19)25)22-16-23(24(26)27)29-28-22;1-3-2;1-2/h3-10,15,24H,1-2,11-14,16-17H2;3H2,1-2H3;1-2H3. The topological polar surface area (TPSA) is 34.4 Å². The molecular formula is C29H40F3N5S. The molecule has 1 saturated heterocycles. The summed E-state index contributed by atoms with van der Waals surface area (Å²) in [5.74, 6) is 4.02. The molecule has 0 radical (unpaired) electrons. The molecular weight excluding hydrogens is 507 g/mol. The number of nitrogens with zero attached hydrogens (tertiary/aromatic N) is 5. The van der Waals surface area contributed by atoms with Gasteiger partial charge < -0.3 is 9.21 Å². The molecule has 0 spiro atoms. The fraction of sp³-hybridized carbons (Fsp3) is 0.414. The summed E-state index contributed by atoms with van der Waals surface area (Å²) in [7, 11) is -0.525. The van der Waals surface area contributed by atoms with Crippen LogP contribution in [0.5, 0.6) is 0 Å². The van der Waals surface area contributed by atoms with Crippen LogP contribution in [0.3, 0.4) is 0 Å². The summed E-state index contributed by atoms with van der Waals surface area (Å²) in [5, 5.41) is 7.33. The van der Waals surface area contributed by atoms with Crippen molar-refractivity contribution in [1.29, 1.82) is 0 Å². The SMILES string of the molecule is C=CN1CCN(S(=C)N(Cc2ccc(C3=NN=C(C(F)F)C3)cc2F)c2ccccc2)CC1.CC.CCC. The normalized spacial score (nSPS) is 15.9. The van der Waals surface area contributed by atoms with E-state index in [0.29, 0.717) is 23.4 Å². The second-order valence-corrected chi connectivity index (χ2v) is 10.1. The van der Waals surface area contributed by atoms with Crippen LogP contribution in [-0.2, 0) is 6.54 Å². The smallest absolute Gasteiger partial charge is 0.278 e. The number of alkyl halides is 2. The maximum absolute atomic E-state index is 15.1. The number of para-hydroxylation sites is 1. The Balaban J connectivity index is 0.000000947. The fourth-order valence-electron chi connectivity index (χ4n) is 3.78. The molecule has 2 aliphatic rings. The lowest BCUT2D eigenvalue weighted by atomic mass is 10.0. The van der Waals surface area contributed by atoms with Crippen molar-refractivity contribution in [3.05, 3.63) is 78.3 Å². The molecule has 0 saturated carbocycles. The Morgan fingerprint density at radius 2 is 1.66 bits per heavy atom. The van der Waals surface area contributed by atoms with E-state index in [2.05, 4.69) is 50.0 Å². The van der Waals surface area contributed by atoms with Crippen molar-refractivity contribution >= 4 is 33.8 Å². The molecule has 9 heteroatoms. The Morgan fingerprint density at radius 3 is 2.18 bits per heavy atom. The van der Waals surface area contributed by atoms with Crippen molar-refractivity contribution in [3.63, 3.8) is 0 Å². The number of hydrogen-bond donors (Lipinski definition) is 0. The molecule has 0 bridgehead atoms. The summed E-state index contributed by atoms with van der Waals surface area (Å²) in [5.41, 5.74) is 1.99. The lowest BCUT2D eigenvalue weighted by Gasteiger charge is -2.40. The maximum atomic E-state index is 15.1. The minimum atomic E-state index is -2.65. The number of anilines is 1. The van der Waals surface area contributed by atoms with E-state index in [1.54, 1.807) is 12.1 Å².